The quantitative estimate of drug-likeness (QED) is 0.552. The first kappa shape index (κ1) is 16.8. The van der Waals surface area contributed by atoms with Crippen LogP contribution in [0.15, 0.2) is 59.7 Å². The van der Waals surface area contributed by atoms with E-state index in [1.807, 2.05) is 55.5 Å². The Bertz CT molecular complexity index is 995. The van der Waals surface area contributed by atoms with Gasteiger partial charge in [-0.1, -0.05) is 30.3 Å². The first-order valence-electron chi connectivity index (χ1n) is 8.56. The number of aromatic amines is 1. The number of rotatable bonds is 4. The molecule has 0 atom stereocenters. The van der Waals surface area contributed by atoms with Gasteiger partial charge in [0.1, 0.15) is 18.9 Å². The lowest BCUT2D eigenvalue weighted by Crippen LogP contribution is -2.20. The van der Waals surface area contributed by atoms with Crippen molar-refractivity contribution < 1.29 is 14.3 Å². The molecule has 0 unspecified atom stereocenters. The number of amides is 1. The lowest BCUT2D eigenvalue weighted by molar-refractivity contribution is 0.0950. The maximum Gasteiger partial charge on any atom is 0.289 e. The van der Waals surface area contributed by atoms with E-state index < -0.39 is 0 Å². The van der Waals surface area contributed by atoms with E-state index in [4.69, 9.17) is 9.47 Å². The second-order valence-corrected chi connectivity index (χ2v) is 6.03. The van der Waals surface area contributed by atoms with Gasteiger partial charge in [-0.25, -0.2) is 5.43 Å². The molecule has 1 amide bonds. The molecule has 2 heterocycles. The molecule has 0 saturated heterocycles. The minimum Gasteiger partial charge on any atom is -0.486 e. The van der Waals surface area contributed by atoms with Gasteiger partial charge in [-0.05, 0) is 31.2 Å². The summed E-state index contributed by atoms with van der Waals surface area (Å²) in [5, 5.41) is 11.1. The third kappa shape index (κ3) is 3.67. The number of carbonyl (C=O) groups excluding carboxylic acids is 1. The average Bonchev–Trinajstić information content (AvgIpc) is 3.22. The molecule has 0 radical (unpaired) electrons. The number of benzene rings is 2. The highest BCUT2D eigenvalue weighted by Crippen LogP contribution is 2.30. The molecule has 1 aromatic heterocycles. The zero-order valence-electron chi connectivity index (χ0n) is 14.7. The van der Waals surface area contributed by atoms with Gasteiger partial charge in [0, 0.05) is 11.1 Å². The van der Waals surface area contributed by atoms with Gasteiger partial charge >= 0.3 is 0 Å². The molecule has 0 spiro atoms. The van der Waals surface area contributed by atoms with E-state index in [1.165, 1.54) is 0 Å². The van der Waals surface area contributed by atoms with Gasteiger partial charge in [0.25, 0.3) is 5.91 Å². The van der Waals surface area contributed by atoms with Crippen LogP contribution in [0.2, 0.25) is 0 Å². The average molecular weight is 362 g/mol. The molecular weight excluding hydrogens is 344 g/mol. The van der Waals surface area contributed by atoms with Gasteiger partial charge in [0.2, 0.25) is 0 Å². The van der Waals surface area contributed by atoms with Crippen LogP contribution in [0.4, 0.5) is 0 Å². The number of aromatic nitrogens is 2. The molecule has 7 nitrogen and oxygen atoms in total. The summed E-state index contributed by atoms with van der Waals surface area (Å²) in [4.78, 5) is 12.3. The molecule has 0 saturated carbocycles. The van der Waals surface area contributed by atoms with E-state index in [1.54, 1.807) is 6.07 Å². The second-order valence-electron chi connectivity index (χ2n) is 6.03. The van der Waals surface area contributed by atoms with Crippen molar-refractivity contribution in [1.29, 1.82) is 0 Å². The molecule has 2 aromatic carbocycles. The van der Waals surface area contributed by atoms with Crippen LogP contribution in [0.5, 0.6) is 11.5 Å². The first-order chi connectivity index (χ1) is 13.2. The largest absolute Gasteiger partial charge is 0.486 e. The molecule has 136 valence electrons. The van der Waals surface area contributed by atoms with Crippen molar-refractivity contribution >= 4 is 11.6 Å². The van der Waals surface area contributed by atoms with Crippen molar-refractivity contribution in [3.05, 3.63) is 65.9 Å². The van der Waals surface area contributed by atoms with Crippen molar-refractivity contribution in [2.75, 3.05) is 13.2 Å². The van der Waals surface area contributed by atoms with E-state index in [2.05, 4.69) is 20.7 Å². The van der Waals surface area contributed by atoms with Crippen molar-refractivity contribution in [3.63, 3.8) is 0 Å². The maximum atomic E-state index is 12.3. The van der Waals surface area contributed by atoms with Crippen molar-refractivity contribution in [1.82, 2.24) is 15.6 Å². The molecule has 0 aliphatic carbocycles. The topological polar surface area (TPSA) is 88.6 Å². The normalized spacial score (nSPS) is 13.3. The van der Waals surface area contributed by atoms with Crippen LogP contribution in [0, 0.1) is 0 Å². The van der Waals surface area contributed by atoms with E-state index in [-0.39, 0.29) is 5.91 Å². The van der Waals surface area contributed by atoms with Crippen LogP contribution >= 0.6 is 0 Å². The van der Waals surface area contributed by atoms with Crippen molar-refractivity contribution in [2.45, 2.75) is 6.92 Å². The highest BCUT2D eigenvalue weighted by atomic mass is 16.6. The summed E-state index contributed by atoms with van der Waals surface area (Å²) < 4.78 is 11.1. The van der Waals surface area contributed by atoms with Crippen LogP contribution in [0.3, 0.4) is 0 Å². The Balaban J connectivity index is 1.46. The number of H-pyrrole nitrogens is 1. The van der Waals surface area contributed by atoms with Gasteiger partial charge in [-0.3, -0.25) is 9.89 Å². The summed E-state index contributed by atoms with van der Waals surface area (Å²) in [5.74, 6) is 1.04. The van der Waals surface area contributed by atoms with Crippen LogP contribution in [-0.2, 0) is 0 Å². The lowest BCUT2D eigenvalue weighted by atomic mass is 10.1. The zero-order chi connectivity index (χ0) is 18.6. The fourth-order valence-corrected chi connectivity index (χ4v) is 2.72. The molecule has 3 aromatic rings. The summed E-state index contributed by atoms with van der Waals surface area (Å²) >= 11 is 0. The Kier molecular flexibility index (Phi) is 4.57. The Morgan fingerprint density at radius 1 is 1.07 bits per heavy atom. The minimum atomic E-state index is -0.360. The third-order valence-corrected chi connectivity index (χ3v) is 4.18. The van der Waals surface area contributed by atoms with Crippen LogP contribution in [0.25, 0.3) is 11.3 Å². The van der Waals surface area contributed by atoms with Gasteiger partial charge in [0.15, 0.2) is 11.5 Å². The second kappa shape index (κ2) is 7.33. The highest BCUT2D eigenvalue weighted by molar-refractivity contribution is 6.01. The Labute approximate surface area is 156 Å². The number of ether oxygens (including phenoxy) is 2. The smallest absolute Gasteiger partial charge is 0.289 e. The van der Waals surface area contributed by atoms with Crippen molar-refractivity contribution in [3.8, 4) is 22.8 Å². The Hall–Kier alpha value is -3.61. The van der Waals surface area contributed by atoms with Gasteiger partial charge < -0.3 is 9.47 Å². The molecule has 0 fully saturated rings. The van der Waals surface area contributed by atoms with Gasteiger partial charge in [-0.15, -0.1) is 0 Å². The molecule has 0 bridgehead atoms. The number of nitrogens with zero attached hydrogens (tertiary/aromatic N) is 2. The maximum absolute atomic E-state index is 12.3. The number of nitrogens with one attached hydrogen (secondary N) is 2. The highest BCUT2D eigenvalue weighted by Gasteiger charge is 2.14. The van der Waals surface area contributed by atoms with E-state index >= 15 is 0 Å². The summed E-state index contributed by atoms with van der Waals surface area (Å²) in [6.07, 6.45) is 0. The fraction of sp³-hybridized carbons (Fsp3) is 0.150. The SMILES string of the molecule is C/C(=N/NC(=O)c1cc(-c2ccccc2)n[nH]1)c1ccc2c(c1)OCCO2. The Morgan fingerprint density at radius 3 is 2.67 bits per heavy atom. The number of hydrogen-bond donors (Lipinski definition) is 2. The number of hydrazone groups is 1. The first-order valence-corrected chi connectivity index (χ1v) is 8.56. The minimum absolute atomic E-state index is 0.340. The number of carbonyl (C=O) groups is 1. The molecule has 2 N–H and O–H groups in total. The summed E-state index contributed by atoms with van der Waals surface area (Å²) in [6, 6.07) is 16.9. The van der Waals surface area contributed by atoms with Gasteiger partial charge in [-0.2, -0.15) is 10.2 Å². The predicted octanol–water partition coefficient (Wildman–Crippen LogP) is 3.00. The molecule has 1 aliphatic heterocycles. The fourth-order valence-electron chi connectivity index (χ4n) is 2.72. The van der Waals surface area contributed by atoms with Crippen LogP contribution in [-0.4, -0.2) is 35.0 Å². The van der Waals surface area contributed by atoms with Crippen molar-refractivity contribution in [2.24, 2.45) is 5.10 Å². The van der Waals surface area contributed by atoms with Crippen LogP contribution < -0.4 is 14.9 Å². The van der Waals surface area contributed by atoms with Gasteiger partial charge in [0.05, 0.1) is 11.4 Å². The lowest BCUT2D eigenvalue weighted by Gasteiger charge is -2.18. The Morgan fingerprint density at radius 2 is 1.85 bits per heavy atom. The molecule has 7 heteroatoms. The monoisotopic (exact) mass is 362 g/mol. The molecule has 4 rings (SSSR count). The number of fused-ring (bicyclic) bond motifs is 1. The zero-order valence-corrected chi connectivity index (χ0v) is 14.7. The molecular formula is C20H18N4O3. The molecule has 27 heavy (non-hydrogen) atoms. The number of hydrogen-bond acceptors (Lipinski definition) is 5. The van der Waals surface area contributed by atoms with Crippen LogP contribution in [0.1, 0.15) is 23.0 Å². The van der Waals surface area contributed by atoms with E-state index in [9.17, 15) is 4.79 Å². The summed E-state index contributed by atoms with van der Waals surface area (Å²) in [5.41, 5.74) is 6.02. The molecule has 1 aliphatic rings. The van der Waals surface area contributed by atoms with E-state index in [0.29, 0.717) is 41.8 Å². The van der Waals surface area contributed by atoms with E-state index in [0.717, 1.165) is 11.1 Å². The summed E-state index contributed by atoms with van der Waals surface area (Å²) in [6.45, 7) is 2.88. The predicted molar refractivity (Wildman–Crippen MR) is 101 cm³/mol. The third-order valence-electron chi connectivity index (χ3n) is 4.18. The summed E-state index contributed by atoms with van der Waals surface area (Å²) in [7, 11) is 0. The standard InChI is InChI=1S/C20H18N4O3/c1-13(15-7-8-18-19(11-15)27-10-9-26-18)21-24-20(25)17-12-16(22-23-17)14-5-3-2-4-6-14/h2-8,11-12H,9-10H2,1H3,(H,22,23)(H,24,25)/b21-13-.